The number of carbonyl (C=O) groups is 1. The first-order chi connectivity index (χ1) is 18.4. The molecule has 1 N–H and O–H groups in total. The van der Waals surface area contributed by atoms with Gasteiger partial charge in [0.15, 0.2) is 5.15 Å². The molecule has 0 aliphatic carbocycles. The number of halogens is 2. The number of nitrogens with zero attached hydrogens (tertiary/aromatic N) is 7. The van der Waals surface area contributed by atoms with Crippen LogP contribution in [0.15, 0.2) is 47.5 Å². The fraction of sp³-hybridized carbons (Fsp3) is 0.208. The molecule has 1 aliphatic rings. The van der Waals surface area contributed by atoms with Crippen LogP contribution in [0, 0.1) is 0 Å². The summed E-state index contributed by atoms with van der Waals surface area (Å²) in [6.07, 6.45) is 2.64. The van der Waals surface area contributed by atoms with Gasteiger partial charge in [0.1, 0.15) is 22.9 Å². The molecule has 0 saturated heterocycles. The van der Waals surface area contributed by atoms with E-state index in [2.05, 4.69) is 25.5 Å². The molecule has 0 unspecified atom stereocenters. The number of carbonyl (C=O) groups excluding carboxylic acids is 1. The van der Waals surface area contributed by atoms with Crippen molar-refractivity contribution < 1.29 is 9.53 Å². The molecule has 14 heteroatoms. The summed E-state index contributed by atoms with van der Waals surface area (Å²) in [7, 11) is 0. The lowest BCUT2D eigenvalue weighted by Gasteiger charge is -2.14. The van der Waals surface area contributed by atoms with Gasteiger partial charge in [-0.05, 0) is 54.1 Å². The van der Waals surface area contributed by atoms with Gasteiger partial charge < -0.3 is 9.72 Å². The van der Waals surface area contributed by atoms with Gasteiger partial charge in [-0.25, -0.2) is 14.8 Å². The SMILES string of the molecule is CCOC(=O)c1ccc(-c2[nH]c([C@@H]3CCc4nc(-c5cc(Cl)ccc5-n5cnnn5)cc(=O)n43)nc2Cl)s1. The first-order valence-electron chi connectivity index (χ1n) is 11.6. The number of hydrogen-bond acceptors (Lipinski definition) is 9. The number of ether oxygens (including phenoxy) is 1. The maximum absolute atomic E-state index is 13.4. The Labute approximate surface area is 229 Å². The molecule has 4 aromatic heterocycles. The van der Waals surface area contributed by atoms with Crippen molar-refractivity contribution >= 4 is 40.5 Å². The monoisotopic (exact) mass is 568 g/mol. The normalized spacial score (nSPS) is 14.6. The standard InChI is InChI=1S/C24H18Cl2N8O3S/c1-2-37-24(36)18-7-6-17(38-18)21-22(26)30-23(29-21)16-5-8-19-28-14(10-20(35)34(16)19)13-9-12(25)3-4-15(13)33-11-27-31-32-33/h3-4,6-7,9-11,16H,2,5,8H2,1H3,(H,29,30)/t16-/m0/s1. The molecule has 0 bridgehead atoms. The summed E-state index contributed by atoms with van der Waals surface area (Å²) in [5.41, 5.74) is 2.10. The van der Waals surface area contributed by atoms with E-state index in [-0.39, 0.29) is 22.7 Å². The van der Waals surface area contributed by atoms with Crippen LogP contribution in [0.25, 0.3) is 27.5 Å². The Morgan fingerprint density at radius 1 is 1.21 bits per heavy atom. The van der Waals surface area contributed by atoms with Gasteiger partial charge in [-0.1, -0.05) is 23.2 Å². The number of aromatic nitrogens is 8. The summed E-state index contributed by atoms with van der Waals surface area (Å²) in [5.74, 6) is 0.777. The van der Waals surface area contributed by atoms with Crippen molar-refractivity contribution in [3.05, 3.63) is 79.8 Å². The zero-order valence-electron chi connectivity index (χ0n) is 19.8. The highest BCUT2D eigenvalue weighted by atomic mass is 35.5. The maximum Gasteiger partial charge on any atom is 0.348 e. The zero-order valence-corrected chi connectivity index (χ0v) is 22.1. The van der Waals surface area contributed by atoms with Gasteiger partial charge in [0.25, 0.3) is 5.56 Å². The number of H-pyrrole nitrogens is 1. The van der Waals surface area contributed by atoms with Crippen LogP contribution >= 0.6 is 34.5 Å². The van der Waals surface area contributed by atoms with E-state index in [0.29, 0.717) is 63.6 Å². The van der Waals surface area contributed by atoms with Gasteiger partial charge >= 0.3 is 5.97 Å². The lowest BCUT2D eigenvalue weighted by molar-refractivity contribution is 0.0532. The molecule has 1 aliphatic heterocycles. The summed E-state index contributed by atoms with van der Waals surface area (Å²) in [6, 6.07) is 9.80. The highest BCUT2D eigenvalue weighted by Crippen LogP contribution is 2.36. The predicted octanol–water partition coefficient (Wildman–Crippen LogP) is 4.36. The lowest BCUT2D eigenvalue weighted by Crippen LogP contribution is -2.25. The van der Waals surface area contributed by atoms with E-state index in [1.807, 2.05) is 0 Å². The molecule has 192 valence electrons. The van der Waals surface area contributed by atoms with E-state index >= 15 is 0 Å². The second-order valence-electron chi connectivity index (χ2n) is 8.41. The van der Waals surface area contributed by atoms with Crippen LogP contribution in [0.3, 0.4) is 0 Å². The fourth-order valence-corrected chi connectivity index (χ4v) is 5.87. The number of nitrogens with one attached hydrogen (secondary N) is 1. The molecule has 5 aromatic rings. The van der Waals surface area contributed by atoms with Crippen LogP contribution in [0.5, 0.6) is 0 Å². The van der Waals surface area contributed by atoms with E-state index in [1.54, 1.807) is 41.8 Å². The Kier molecular flexibility index (Phi) is 6.30. The number of aromatic amines is 1. The molecule has 1 atom stereocenters. The number of hydrogen-bond donors (Lipinski definition) is 1. The van der Waals surface area contributed by atoms with Crippen LogP contribution in [0.2, 0.25) is 10.2 Å². The van der Waals surface area contributed by atoms with E-state index < -0.39 is 0 Å². The highest BCUT2D eigenvalue weighted by Gasteiger charge is 2.30. The van der Waals surface area contributed by atoms with Crippen LogP contribution < -0.4 is 5.56 Å². The van der Waals surface area contributed by atoms with Gasteiger partial charge in [-0.3, -0.25) is 9.36 Å². The third kappa shape index (κ3) is 4.30. The number of rotatable bonds is 6. The summed E-state index contributed by atoms with van der Waals surface area (Å²) < 4.78 is 8.19. The summed E-state index contributed by atoms with van der Waals surface area (Å²) in [6.45, 7) is 2.05. The third-order valence-corrected chi connectivity index (χ3v) is 7.72. The molecule has 11 nitrogen and oxygen atoms in total. The van der Waals surface area contributed by atoms with E-state index in [1.165, 1.54) is 28.4 Å². The molecule has 38 heavy (non-hydrogen) atoms. The predicted molar refractivity (Wildman–Crippen MR) is 141 cm³/mol. The topological polar surface area (TPSA) is 133 Å². The van der Waals surface area contributed by atoms with Crippen molar-refractivity contribution in [2.75, 3.05) is 6.61 Å². The first-order valence-corrected chi connectivity index (χ1v) is 13.2. The van der Waals surface area contributed by atoms with Crippen molar-refractivity contribution in [3.63, 3.8) is 0 Å². The van der Waals surface area contributed by atoms with Crippen LogP contribution in [0.1, 0.15) is 40.7 Å². The Morgan fingerprint density at radius 3 is 2.87 bits per heavy atom. The zero-order chi connectivity index (χ0) is 26.4. The van der Waals surface area contributed by atoms with Crippen molar-refractivity contribution in [3.8, 4) is 27.5 Å². The van der Waals surface area contributed by atoms with Gasteiger partial charge in [0, 0.05) is 23.1 Å². The molecule has 5 heterocycles. The Bertz CT molecular complexity index is 1730. The van der Waals surface area contributed by atoms with Crippen molar-refractivity contribution in [1.82, 2.24) is 39.7 Å². The average molecular weight is 569 g/mol. The minimum absolute atomic E-state index is 0.232. The Balaban J connectivity index is 1.35. The Hall–Kier alpha value is -3.87. The van der Waals surface area contributed by atoms with Gasteiger partial charge in [-0.2, -0.15) is 4.68 Å². The molecule has 0 spiro atoms. The van der Waals surface area contributed by atoms with Crippen molar-refractivity contribution in [2.24, 2.45) is 0 Å². The molecule has 0 fully saturated rings. The number of esters is 1. The first kappa shape index (κ1) is 24.5. The number of imidazole rings is 1. The quantitative estimate of drug-likeness (QED) is 0.299. The molecule has 0 amide bonds. The number of aryl methyl sites for hydroxylation is 1. The largest absolute Gasteiger partial charge is 0.462 e. The van der Waals surface area contributed by atoms with Crippen LogP contribution in [-0.2, 0) is 11.2 Å². The fourth-order valence-electron chi connectivity index (χ4n) is 4.50. The number of benzene rings is 1. The maximum atomic E-state index is 13.4. The van der Waals surface area contributed by atoms with E-state index in [4.69, 9.17) is 32.9 Å². The van der Waals surface area contributed by atoms with Crippen LogP contribution in [0.4, 0.5) is 0 Å². The van der Waals surface area contributed by atoms with Gasteiger partial charge in [0.05, 0.1) is 34.6 Å². The summed E-state index contributed by atoms with van der Waals surface area (Å²) in [5, 5.41) is 12.1. The van der Waals surface area contributed by atoms with Crippen LogP contribution in [-0.4, -0.2) is 52.3 Å². The second-order valence-corrected chi connectivity index (χ2v) is 10.3. The van der Waals surface area contributed by atoms with E-state index in [9.17, 15) is 9.59 Å². The van der Waals surface area contributed by atoms with Gasteiger partial charge in [0.2, 0.25) is 0 Å². The molecular weight excluding hydrogens is 551 g/mol. The second kappa shape index (κ2) is 9.78. The molecule has 0 saturated carbocycles. The molecule has 6 rings (SSSR count). The molecular formula is C24H18Cl2N8O3S. The Morgan fingerprint density at radius 2 is 2.08 bits per heavy atom. The van der Waals surface area contributed by atoms with Gasteiger partial charge in [-0.15, -0.1) is 16.4 Å². The average Bonchev–Trinajstić information content (AvgIpc) is 3.70. The summed E-state index contributed by atoms with van der Waals surface area (Å²) >= 11 is 14.0. The van der Waals surface area contributed by atoms with E-state index in [0.717, 1.165) is 4.88 Å². The number of thiophene rings is 1. The minimum Gasteiger partial charge on any atom is -0.462 e. The lowest BCUT2D eigenvalue weighted by atomic mass is 10.1. The third-order valence-electron chi connectivity index (χ3n) is 6.13. The number of tetrazole rings is 1. The van der Waals surface area contributed by atoms with Crippen molar-refractivity contribution in [1.29, 1.82) is 0 Å². The minimum atomic E-state index is -0.388. The highest BCUT2D eigenvalue weighted by molar-refractivity contribution is 7.17. The molecule has 0 radical (unpaired) electrons. The molecule has 1 aromatic carbocycles. The number of fused-ring (bicyclic) bond motifs is 1. The summed E-state index contributed by atoms with van der Waals surface area (Å²) in [4.78, 5) is 39.2. The van der Waals surface area contributed by atoms with Crippen molar-refractivity contribution in [2.45, 2.75) is 25.8 Å². The smallest absolute Gasteiger partial charge is 0.348 e.